The van der Waals surface area contributed by atoms with Gasteiger partial charge in [0, 0.05) is 6.61 Å². The molecule has 0 amide bonds. The number of carbonyl (C=O) groups excluding carboxylic acids is 1. The molecule has 1 aliphatic rings. The van der Waals surface area contributed by atoms with Crippen molar-refractivity contribution >= 4 is 33.1 Å². The molecule has 0 aliphatic carbocycles. The zero-order chi connectivity index (χ0) is 15.0. The number of fused-ring (bicyclic) bond motifs is 1. The lowest BCUT2D eigenvalue weighted by Gasteiger charge is -2.23. The Morgan fingerprint density at radius 2 is 2.38 bits per heavy atom. The van der Waals surface area contributed by atoms with Crippen molar-refractivity contribution in [2.75, 3.05) is 19.5 Å². The van der Waals surface area contributed by atoms with Crippen LogP contribution >= 0.6 is 11.3 Å². The van der Waals surface area contributed by atoms with Gasteiger partial charge in [-0.05, 0) is 19.3 Å². The molecule has 2 aromatic heterocycles. The normalized spacial score (nSPS) is 18.8. The van der Waals surface area contributed by atoms with Crippen molar-refractivity contribution in [1.82, 2.24) is 9.78 Å². The molecule has 1 fully saturated rings. The van der Waals surface area contributed by atoms with Gasteiger partial charge in [0.25, 0.3) is 5.56 Å². The Labute approximate surface area is 124 Å². The fourth-order valence-corrected chi connectivity index (χ4v) is 3.42. The highest BCUT2D eigenvalue weighted by Crippen LogP contribution is 2.32. The first-order valence-corrected chi connectivity index (χ1v) is 7.45. The molecule has 21 heavy (non-hydrogen) atoms. The monoisotopic (exact) mass is 309 g/mol. The van der Waals surface area contributed by atoms with Crippen LogP contribution in [0.3, 0.4) is 0 Å². The first-order valence-electron chi connectivity index (χ1n) is 6.63. The van der Waals surface area contributed by atoms with Crippen LogP contribution in [-0.2, 0) is 9.47 Å². The third-order valence-electron chi connectivity index (χ3n) is 3.49. The van der Waals surface area contributed by atoms with Gasteiger partial charge in [-0.2, -0.15) is 5.10 Å². The second kappa shape index (κ2) is 5.45. The number of esters is 1. The number of anilines is 1. The second-order valence-electron chi connectivity index (χ2n) is 4.79. The molecule has 2 aromatic rings. The summed E-state index contributed by atoms with van der Waals surface area (Å²) in [5.74, 6) is -0.548. The van der Waals surface area contributed by atoms with Gasteiger partial charge in [0.2, 0.25) is 0 Å². The first kappa shape index (κ1) is 14.0. The number of thiophene rings is 1. The number of nitrogen functional groups attached to an aromatic ring is 1. The molecule has 1 atom stereocenters. The van der Waals surface area contributed by atoms with Gasteiger partial charge in [-0.1, -0.05) is 0 Å². The van der Waals surface area contributed by atoms with E-state index in [1.165, 1.54) is 11.8 Å². The summed E-state index contributed by atoms with van der Waals surface area (Å²) in [7, 11) is 1.28. The van der Waals surface area contributed by atoms with Crippen LogP contribution in [-0.4, -0.2) is 29.5 Å². The summed E-state index contributed by atoms with van der Waals surface area (Å²) < 4.78 is 12.1. The van der Waals surface area contributed by atoms with E-state index >= 15 is 0 Å². The van der Waals surface area contributed by atoms with Gasteiger partial charge >= 0.3 is 5.97 Å². The van der Waals surface area contributed by atoms with E-state index in [1.54, 1.807) is 6.20 Å². The van der Waals surface area contributed by atoms with Crippen molar-refractivity contribution in [3.05, 3.63) is 21.4 Å². The Kier molecular flexibility index (Phi) is 3.64. The Hall–Kier alpha value is -1.93. The smallest absolute Gasteiger partial charge is 0.350 e. The molecule has 2 N–H and O–H groups in total. The maximum absolute atomic E-state index is 12.6. The van der Waals surface area contributed by atoms with Crippen LogP contribution in [0.15, 0.2) is 11.0 Å². The summed E-state index contributed by atoms with van der Waals surface area (Å²) in [4.78, 5) is 24.5. The van der Waals surface area contributed by atoms with Crippen LogP contribution in [0.2, 0.25) is 0 Å². The number of hydrogen-bond acceptors (Lipinski definition) is 7. The molecule has 112 valence electrons. The summed E-state index contributed by atoms with van der Waals surface area (Å²) >= 11 is 1.11. The third-order valence-corrected chi connectivity index (χ3v) is 4.61. The maximum atomic E-state index is 12.6. The van der Waals surface area contributed by atoms with Crippen LogP contribution in [0.4, 0.5) is 5.69 Å². The molecule has 0 aromatic carbocycles. The average Bonchev–Trinajstić information content (AvgIpc) is 2.85. The fourth-order valence-electron chi connectivity index (χ4n) is 2.42. The van der Waals surface area contributed by atoms with Crippen LogP contribution in [0.5, 0.6) is 0 Å². The topological polar surface area (TPSA) is 96.4 Å². The lowest BCUT2D eigenvalue weighted by molar-refractivity contribution is -0.0420. The Morgan fingerprint density at radius 1 is 1.57 bits per heavy atom. The molecule has 1 aliphatic heterocycles. The second-order valence-corrected chi connectivity index (χ2v) is 5.84. The molecule has 0 spiro atoms. The van der Waals surface area contributed by atoms with E-state index in [4.69, 9.17) is 10.5 Å². The van der Waals surface area contributed by atoms with Crippen molar-refractivity contribution in [2.45, 2.75) is 25.5 Å². The van der Waals surface area contributed by atoms with Crippen molar-refractivity contribution in [1.29, 1.82) is 0 Å². The van der Waals surface area contributed by atoms with E-state index in [-0.39, 0.29) is 22.4 Å². The number of nitrogens with two attached hydrogens (primary N) is 1. The molecule has 8 heteroatoms. The van der Waals surface area contributed by atoms with Crippen molar-refractivity contribution in [3.63, 3.8) is 0 Å². The van der Waals surface area contributed by atoms with E-state index in [0.29, 0.717) is 16.7 Å². The molecule has 0 bridgehead atoms. The van der Waals surface area contributed by atoms with Crippen LogP contribution < -0.4 is 11.3 Å². The van der Waals surface area contributed by atoms with Gasteiger partial charge in [0.1, 0.15) is 4.88 Å². The van der Waals surface area contributed by atoms with E-state index in [2.05, 4.69) is 9.84 Å². The predicted molar refractivity (Wildman–Crippen MR) is 78.5 cm³/mol. The molecule has 3 rings (SSSR count). The quantitative estimate of drug-likeness (QED) is 0.845. The van der Waals surface area contributed by atoms with Crippen LogP contribution in [0.1, 0.15) is 35.2 Å². The van der Waals surface area contributed by atoms with Gasteiger partial charge in [0.05, 0.1) is 29.1 Å². The molecule has 1 unspecified atom stereocenters. The van der Waals surface area contributed by atoms with Gasteiger partial charge in [-0.25, -0.2) is 9.48 Å². The number of nitrogens with zero attached hydrogens (tertiary/aromatic N) is 2. The highest BCUT2D eigenvalue weighted by atomic mass is 32.1. The number of ether oxygens (including phenoxy) is 2. The van der Waals surface area contributed by atoms with E-state index in [9.17, 15) is 9.59 Å². The minimum atomic E-state index is -0.548. The minimum absolute atomic E-state index is 0.152. The molecule has 0 radical (unpaired) electrons. The zero-order valence-electron chi connectivity index (χ0n) is 11.5. The van der Waals surface area contributed by atoms with E-state index in [1.807, 2.05) is 0 Å². The van der Waals surface area contributed by atoms with Crippen LogP contribution in [0, 0.1) is 0 Å². The standard InChI is InChI=1S/C13H15N3O4S/c1-19-13(18)11-10(14)9-7(21-11)6-15-16(12(9)17)8-4-2-3-5-20-8/h6,8H,2-5,14H2,1H3. The summed E-state index contributed by atoms with van der Waals surface area (Å²) in [6, 6.07) is 0. The van der Waals surface area contributed by atoms with Gasteiger partial charge in [0.15, 0.2) is 6.23 Å². The first-order chi connectivity index (χ1) is 10.1. The third kappa shape index (κ3) is 2.30. The van der Waals surface area contributed by atoms with Crippen molar-refractivity contribution in [2.24, 2.45) is 0 Å². The van der Waals surface area contributed by atoms with Crippen LogP contribution in [0.25, 0.3) is 10.1 Å². The van der Waals surface area contributed by atoms with E-state index < -0.39 is 5.97 Å². The number of rotatable bonds is 2. The zero-order valence-corrected chi connectivity index (χ0v) is 12.3. The van der Waals surface area contributed by atoms with Gasteiger partial charge < -0.3 is 15.2 Å². The molecule has 7 nitrogen and oxygen atoms in total. The van der Waals surface area contributed by atoms with Gasteiger partial charge in [-0.3, -0.25) is 4.79 Å². The summed E-state index contributed by atoms with van der Waals surface area (Å²) in [5, 5.41) is 4.46. The fraction of sp³-hybridized carbons (Fsp3) is 0.462. The van der Waals surface area contributed by atoms with E-state index in [0.717, 1.165) is 30.6 Å². The lowest BCUT2D eigenvalue weighted by atomic mass is 10.2. The molecular weight excluding hydrogens is 294 g/mol. The number of carbonyl (C=O) groups is 1. The predicted octanol–water partition coefficient (Wildman–Crippen LogP) is 1.53. The molecule has 1 saturated heterocycles. The summed E-state index contributed by atoms with van der Waals surface area (Å²) in [6.45, 7) is 0.614. The number of aromatic nitrogens is 2. The largest absolute Gasteiger partial charge is 0.465 e. The average molecular weight is 309 g/mol. The highest BCUT2D eigenvalue weighted by molar-refractivity contribution is 7.21. The van der Waals surface area contributed by atoms with Crippen molar-refractivity contribution in [3.8, 4) is 0 Å². The molecular formula is C13H15N3O4S. The summed E-state index contributed by atoms with van der Waals surface area (Å²) in [5.41, 5.74) is 5.76. The van der Waals surface area contributed by atoms with Crippen molar-refractivity contribution < 1.29 is 14.3 Å². The number of hydrogen-bond donors (Lipinski definition) is 1. The highest BCUT2D eigenvalue weighted by Gasteiger charge is 2.23. The molecule has 3 heterocycles. The summed E-state index contributed by atoms with van der Waals surface area (Å²) in [6.07, 6.45) is 3.90. The maximum Gasteiger partial charge on any atom is 0.350 e. The Morgan fingerprint density at radius 3 is 3.05 bits per heavy atom. The Balaban J connectivity index is 2.14. The SMILES string of the molecule is COC(=O)c1sc2cnn(C3CCCCO3)c(=O)c2c1N. The Bertz CT molecular complexity index is 746. The number of methoxy groups -OCH3 is 1. The lowest BCUT2D eigenvalue weighted by Crippen LogP contribution is -2.30. The molecule has 0 saturated carbocycles. The van der Waals surface area contributed by atoms with Gasteiger partial charge in [-0.15, -0.1) is 11.3 Å². The minimum Gasteiger partial charge on any atom is -0.465 e.